The third-order valence-electron chi connectivity index (χ3n) is 4.02. The summed E-state index contributed by atoms with van der Waals surface area (Å²) in [5.74, 6) is 1.11. The van der Waals surface area contributed by atoms with Crippen LogP contribution < -0.4 is 16.4 Å². The summed E-state index contributed by atoms with van der Waals surface area (Å²) >= 11 is 5.95. The Hall–Kier alpha value is -2.65. The third-order valence-corrected chi connectivity index (χ3v) is 4.36. The second-order valence-electron chi connectivity index (χ2n) is 6.28. The second kappa shape index (κ2) is 7.71. The van der Waals surface area contributed by atoms with Crippen LogP contribution >= 0.6 is 11.6 Å². The minimum Gasteiger partial charge on any atom is -0.398 e. The number of halogens is 1. The molecule has 0 aliphatic rings. The normalized spacial score (nSPS) is 12.5. The van der Waals surface area contributed by atoms with Crippen molar-refractivity contribution in [3.05, 3.63) is 28.8 Å². The molecule has 1 atom stereocenters. The molecule has 1 aromatic carbocycles. The average Bonchev–Trinajstić information content (AvgIpc) is 3.08. The van der Waals surface area contributed by atoms with Crippen molar-refractivity contribution in [1.82, 2.24) is 25.4 Å². The number of rotatable bonds is 7. The van der Waals surface area contributed by atoms with Crippen LogP contribution in [0.5, 0.6) is 0 Å². The van der Waals surface area contributed by atoms with Crippen molar-refractivity contribution < 1.29 is 5.11 Å². The summed E-state index contributed by atoms with van der Waals surface area (Å²) in [4.78, 5) is 8.81. The van der Waals surface area contributed by atoms with Gasteiger partial charge >= 0.3 is 0 Å². The number of fused-ring (bicyclic) bond motifs is 1. The summed E-state index contributed by atoms with van der Waals surface area (Å²) in [5, 5.41) is 27.1. The van der Waals surface area contributed by atoms with E-state index in [1.165, 1.54) is 0 Å². The van der Waals surface area contributed by atoms with E-state index in [0.717, 1.165) is 5.56 Å². The predicted octanol–water partition coefficient (Wildman–Crippen LogP) is 2.02. The number of benzene rings is 1. The standard InChI is InChI=1S/C16H21ClN8O/c1-8(2)12(7-26)20-16-21-14(13-15(22-16)24-25-23-13)19-6-9-3-4-10(17)11(18)5-9/h3-5,8,12,26H,6-7,18H2,1-2H3,(H3,19,20,21,22,23,24,25)/t12-/m0/s1. The highest BCUT2D eigenvalue weighted by molar-refractivity contribution is 6.33. The fraction of sp³-hybridized carbons (Fsp3) is 0.375. The lowest BCUT2D eigenvalue weighted by atomic mass is 10.1. The summed E-state index contributed by atoms with van der Waals surface area (Å²) in [5.41, 5.74) is 8.27. The Labute approximate surface area is 155 Å². The number of nitrogen functional groups attached to an aromatic ring is 1. The SMILES string of the molecule is CC(C)[C@H](CO)Nc1nc(NCc2ccc(Cl)c(N)c2)c2n[nH]nc2n1. The van der Waals surface area contributed by atoms with Crippen molar-refractivity contribution >= 4 is 40.2 Å². The van der Waals surface area contributed by atoms with E-state index >= 15 is 0 Å². The molecule has 0 radical (unpaired) electrons. The molecule has 3 aromatic rings. The first kappa shape index (κ1) is 18.2. The van der Waals surface area contributed by atoms with E-state index in [2.05, 4.69) is 36.0 Å². The minimum absolute atomic E-state index is 0.0231. The third kappa shape index (κ3) is 3.94. The first-order valence-electron chi connectivity index (χ1n) is 8.21. The van der Waals surface area contributed by atoms with Gasteiger partial charge < -0.3 is 21.5 Å². The molecule has 2 aromatic heterocycles. The van der Waals surface area contributed by atoms with Crippen LogP contribution in [0.1, 0.15) is 19.4 Å². The molecule has 0 aliphatic carbocycles. The predicted molar refractivity (Wildman–Crippen MR) is 102 cm³/mol. The number of nitrogens with one attached hydrogen (secondary N) is 3. The van der Waals surface area contributed by atoms with E-state index in [0.29, 0.717) is 40.2 Å². The number of hydrogen-bond acceptors (Lipinski definition) is 8. The molecule has 6 N–H and O–H groups in total. The van der Waals surface area contributed by atoms with E-state index in [1.54, 1.807) is 12.1 Å². The van der Waals surface area contributed by atoms with Crippen molar-refractivity contribution in [1.29, 1.82) is 0 Å². The van der Waals surface area contributed by atoms with Crippen LogP contribution in [0.2, 0.25) is 5.02 Å². The molecule has 0 bridgehead atoms. The maximum atomic E-state index is 9.51. The van der Waals surface area contributed by atoms with Gasteiger partial charge in [-0.3, -0.25) is 0 Å². The van der Waals surface area contributed by atoms with E-state index in [4.69, 9.17) is 17.3 Å². The number of nitrogens with two attached hydrogens (primary N) is 1. The van der Waals surface area contributed by atoms with Crippen LogP contribution in [-0.4, -0.2) is 43.1 Å². The zero-order chi connectivity index (χ0) is 18.7. The Morgan fingerprint density at radius 3 is 2.77 bits per heavy atom. The smallest absolute Gasteiger partial charge is 0.227 e. The molecule has 0 amide bonds. The van der Waals surface area contributed by atoms with Gasteiger partial charge in [0.1, 0.15) is 0 Å². The summed E-state index contributed by atoms with van der Waals surface area (Å²) in [6.07, 6.45) is 0. The van der Waals surface area contributed by atoms with Crippen LogP contribution in [-0.2, 0) is 6.54 Å². The van der Waals surface area contributed by atoms with Crippen LogP contribution in [0.15, 0.2) is 18.2 Å². The van der Waals surface area contributed by atoms with Crippen LogP contribution in [0.4, 0.5) is 17.5 Å². The van der Waals surface area contributed by atoms with Gasteiger partial charge in [-0.1, -0.05) is 31.5 Å². The lowest BCUT2D eigenvalue weighted by Crippen LogP contribution is -2.30. The number of aliphatic hydroxyl groups excluding tert-OH is 1. The number of aromatic nitrogens is 5. The Morgan fingerprint density at radius 2 is 2.08 bits per heavy atom. The summed E-state index contributed by atoms with van der Waals surface area (Å²) < 4.78 is 0. The first-order valence-corrected chi connectivity index (χ1v) is 8.59. The van der Waals surface area contributed by atoms with Gasteiger partial charge in [0.15, 0.2) is 11.3 Å². The highest BCUT2D eigenvalue weighted by Crippen LogP contribution is 2.22. The number of nitrogens with zero attached hydrogens (tertiary/aromatic N) is 4. The van der Waals surface area contributed by atoms with E-state index in [1.807, 2.05) is 19.9 Å². The number of hydrogen-bond donors (Lipinski definition) is 5. The summed E-state index contributed by atoms with van der Waals surface area (Å²) in [6.45, 7) is 4.47. The first-order chi connectivity index (χ1) is 12.5. The largest absolute Gasteiger partial charge is 0.398 e. The number of anilines is 3. The number of aliphatic hydroxyl groups is 1. The van der Waals surface area contributed by atoms with Crippen LogP contribution in [0, 0.1) is 5.92 Å². The monoisotopic (exact) mass is 376 g/mol. The van der Waals surface area contributed by atoms with Crippen molar-refractivity contribution in [2.45, 2.75) is 26.4 Å². The molecule has 0 saturated heterocycles. The van der Waals surface area contributed by atoms with Gasteiger partial charge in [-0.15, -0.1) is 5.10 Å². The lowest BCUT2D eigenvalue weighted by Gasteiger charge is -2.20. The summed E-state index contributed by atoms with van der Waals surface area (Å²) in [7, 11) is 0. The zero-order valence-electron chi connectivity index (χ0n) is 14.5. The topological polar surface area (TPSA) is 138 Å². The van der Waals surface area contributed by atoms with Crippen LogP contribution in [0.25, 0.3) is 11.2 Å². The van der Waals surface area contributed by atoms with Gasteiger partial charge in [0.25, 0.3) is 0 Å². The highest BCUT2D eigenvalue weighted by Gasteiger charge is 2.16. The van der Waals surface area contributed by atoms with Gasteiger partial charge in [-0.25, -0.2) is 0 Å². The quantitative estimate of drug-likeness (QED) is 0.395. The van der Waals surface area contributed by atoms with E-state index in [9.17, 15) is 5.11 Å². The van der Waals surface area contributed by atoms with Gasteiger partial charge in [-0.05, 0) is 23.6 Å². The molecule has 3 rings (SSSR count). The molecule has 0 saturated carbocycles. The van der Waals surface area contributed by atoms with Crippen molar-refractivity contribution in [3.8, 4) is 0 Å². The van der Waals surface area contributed by atoms with Gasteiger partial charge in [0.2, 0.25) is 11.6 Å². The Kier molecular flexibility index (Phi) is 5.38. The zero-order valence-corrected chi connectivity index (χ0v) is 15.2. The summed E-state index contributed by atoms with van der Waals surface area (Å²) in [6, 6.07) is 5.27. The Balaban J connectivity index is 1.84. The molecule has 0 fully saturated rings. The molecule has 10 heteroatoms. The second-order valence-corrected chi connectivity index (χ2v) is 6.69. The molecule has 138 valence electrons. The maximum absolute atomic E-state index is 9.51. The van der Waals surface area contributed by atoms with E-state index < -0.39 is 0 Å². The molecule has 26 heavy (non-hydrogen) atoms. The fourth-order valence-electron chi connectivity index (χ4n) is 2.41. The molecule has 2 heterocycles. The Bertz CT molecular complexity index is 897. The molecule has 0 spiro atoms. The van der Waals surface area contributed by atoms with Gasteiger partial charge in [0, 0.05) is 6.54 Å². The van der Waals surface area contributed by atoms with Gasteiger partial charge in [0.05, 0.1) is 23.4 Å². The average molecular weight is 377 g/mol. The van der Waals surface area contributed by atoms with Crippen LogP contribution in [0.3, 0.4) is 0 Å². The molecule has 0 aliphatic heterocycles. The van der Waals surface area contributed by atoms with E-state index in [-0.39, 0.29) is 18.6 Å². The lowest BCUT2D eigenvalue weighted by molar-refractivity contribution is 0.248. The number of aromatic amines is 1. The fourth-order valence-corrected chi connectivity index (χ4v) is 2.53. The van der Waals surface area contributed by atoms with Gasteiger partial charge in [-0.2, -0.15) is 20.3 Å². The number of H-pyrrole nitrogens is 1. The molecular weight excluding hydrogens is 356 g/mol. The van der Waals surface area contributed by atoms with Crippen molar-refractivity contribution in [3.63, 3.8) is 0 Å². The molecule has 0 unspecified atom stereocenters. The van der Waals surface area contributed by atoms with Crippen molar-refractivity contribution in [2.75, 3.05) is 23.0 Å². The maximum Gasteiger partial charge on any atom is 0.227 e. The minimum atomic E-state index is -0.164. The molecular formula is C16H21ClN8O. The highest BCUT2D eigenvalue weighted by atomic mass is 35.5. The molecule has 9 nitrogen and oxygen atoms in total. The Morgan fingerprint density at radius 1 is 1.27 bits per heavy atom. The van der Waals surface area contributed by atoms with Crippen molar-refractivity contribution in [2.24, 2.45) is 5.92 Å².